The summed E-state index contributed by atoms with van der Waals surface area (Å²) >= 11 is 0. The molecule has 0 aromatic carbocycles. The van der Waals surface area contributed by atoms with Crippen LogP contribution >= 0.6 is 0 Å². The van der Waals surface area contributed by atoms with Gasteiger partial charge in [-0.25, -0.2) is 4.98 Å². The van der Waals surface area contributed by atoms with Gasteiger partial charge in [-0.2, -0.15) is 4.98 Å². The standard InChI is InChI=1S/C17H21N3O3/c1-11(12(2)16-6-5-15(22-4)8-19-16)10-23-17-14(9-21)7-18-13(3)20-17/h5-9,11-12H,10H2,1-4H3/t11-,12+/m1/s1. The molecule has 0 aliphatic carbocycles. The Balaban J connectivity index is 2.02. The van der Waals surface area contributed by atoms with Gasteiger partial charge in [-0.05, 0) is 25.0 Å². The summed E-state index contributed by atoms with van der Waals surface area (Å²) < 4.78 is 10.8. The largest absolute Gasteiger partial charge is 0.495 e. The van der Waals surface area contributed by atoms with E-state index >= 15 is 0 Å². The van der Waals surface area contributed by atoms with E-state index in [2.05, 4.69) is 28.8 Å². The minimum atomic E-state index is 0.198. The topological polar surface area (TPSA) is 74.2 Å². The first-order valence-corrected chi connectivity index (χ1v) is 7.46. The fourth-order valence-corrected chi connectivity index (χ4v) is 2.08. The Morgan fingerprint density at radius 3 is 2.61 bits per heavy atom. The van der Waals surface area contributed by atoms with E-state index in [0.29, 0.717) is 30.2 Å². The van der Waals surface area contributed by atoms with Gasteiger partial charge in [0.05, 0.1) is 25.5 Å². The van der Waals surface area contributed by atoms with Crippen molar-refractivity contribution in [1.29, 1.82) is 0 Å². The number of aryl methyl sites for hydroxylation is 1. The molecule has 6 heteroatoms. The lowest BCUT2D eigenvalue weighted by Gasteiger charge is -2.20. The Labute approximate surface area is 135 Å². The second-order valence-electron chi connectivity index (χ2n) is 5.50. The van der Waals surface area contributed by atoms with Crippen LogP contribution in [0.2, 0.25) is 0 Å². The number of carbonyl (C=O) groups excluding carboxylic acids is 1. The second kappa shape index (κ2) is 7.67. The number of ether oxygens (including phenoxy) is 2. The van der Waals surface area contributed by atoms with Crippen molar-refractivity contribution >= 4 is 6.29 Å². The molecule has 2 aromatic heterocycles. The number of aromatic nitrogens is 3. The van der Waals surface area contributed by atoms with Gasteiger partial charge in [-0.3, -0.25) is 9.78 Å². The maximum atomic E-state index is 11.0. The van der Waals surface area contributed by atoms with Crippen LogP contribution in [-0.2, 0) is 0 Å². The molecule has 122 valence electrons. The van der Waals surface area contributed by atoms with E-state index in [1.807, 2.05) is 12.1 Å². The molecule has 0 bridgehead atoms. The zero-order valence-electron chi connectivity index (χ0n) is 13.8. The molecule has 0 saturated heterocycles. The van der Waals surface area contributed by atoms with Gasteiger partial charge >= 0.3 is 0 Å². The van der Waals surface area contributed by atoms with Crippen molar-refractivity contribution in [1.82, 2.24) is 15.0 Å². The predicted octanol–water partition coefficient (Wildman–Crippen LogP) is 2.82. The summed E-state index contributed by atoms with van der Waals surface area (Å²) in [5, 5.41) is 0. The molecule has 2 heterocycles. The minimum Gasteiger partial charge on any atom is -0.495 e. The first kappa shape index (κ1) is 16.9. The highest BCUT2D eigenvalue weighted by Gasteiger charge is 2.18. The Morgan fingerprint density at radius 2 is 2.00 bits per heavy atom. The molecule has 2 rings (SSSR count). The number of carbonyl (C=O) groups is 1. The predicted molar refractivity (Wildman–Crippen MR) is 86.0 cm³/mol. The van der Waals surface area contributed by atoms with Gasteiger partial charge < -0.3 is 9.47 Å². The molecule has 6 nitrogen and oxygen atoms in total. The van der Waals surface area contributed by atoms with E-state index in [1.165, 1.54) is 6.20 Å². The van der Waals surface area contributed by atoms with Gasteiger partial charge in [0.15, 0.2) is 6.29 Å². The van der Waals surface area contributed by atoms with Gasteiger partial charge in [-0.1, -0.05) is 13.8 Å². The van der Waals surface area contributed by atoms with Crippen LogP contribution in [0.3, 0.4) is 0 Å². The third-order valence-electron chi connectivity index (χ3n) is 3.83. The highest BCUT2D eigenvalue weighted by atomic mass is 16.5. The first-order valence-electron chi connectivity index (χ1n) is 7.46. The summed E-state index contributed by atoms with van der Waals surface area (Å²) in [6, 6.07) is 3.84. The fraction of sp³-hybridized carbons (Fsp3) is 0.412. The van der Waals surface area contributed by atoms with Gasteiger partial charge in [0.1, 0.15) is 11.6 Å². The lowest BCUT2D eigenvalue weighted by molar-refractivity contribution is 0.111. The van der Waals surface area contributed by atoms with Crippen LogP contribution in [0.4, 0.5) is 0 Å². The number of aldehydes is 1. The highest BCUT2D eigenvalue weighted by Crippen LogP contribution is 2.25. The van der Waals surface area contributed by atoms with E-state index in [0.717, 1.165) is 11.4 Å². The normalized spacial score (nSPS) is 13.2. The third-order valence-corrected chi connectivity index (χ3v) is 3.83. The van der Waals surface area contributed by atoms with Crippen molar-refractivity contribution in [2.24, 2.45) is 5.92 Å². The maximum Gasteiger partial charge on any atom is 0.227 e. The van der Waals surface area contributed by atoms with Crippen molar-refractivity contribution in [3.05, 3.63) is 41.6 Å². The van der Waals surface area contributed by atoms with E-state index in [1.54, 1.807) is 20.2 Å². The summed E-state index contributed by atoms with van der Waals surface area (Å²) in [7, 11) is 1.62. The molecular weight excluding hydrogens is 294 g/mol. The zero-order valence-corrected chi connectivity index (χ0v) is 13.8. The van der Waals surface area contributed by atoms with Crippen molar-refractivity contribution < 1.29 is 14.3 Å². The first-order chi connectivity index (χ1) is 11.0. The Hall–Kier alpha value is -2.50. The molecule has 0 saturated carbocycles. The highest BCUT2D eigenvalue weighted by molar-refractivity contribution is 5.77. The van der Waals surface area contributed by atoms with Gasteiger partial charge in [0, 0.05) is 17.8 Å². The SMILES string of the molecule is COc1ccc([C@@H](C)[C@H](C)COc2nc(C)ncc2C=O)nc1. The number of pyridine rings is 1. The third kappa shape index (κ3) is 4.25. The van der Waals surface area contributed by atoms with Crippen LogP contribution in [0.5, 0.6) is 11.6 Å². The summed E-state index contributed by atoms with van der Waals surface area (Å²) in [5.74, 6) is 2.03. The van der Waals surface area contributed by atoms with Crippen molar-refractivity contribution in [2.75, 3.05) is 13.7 Å². The van der Waals surface area contributed by atoms with Gasteiger partial charge in [-0.15, -0.1) is 0 Å². The van der Waals surface area contributed by atoms with E-state index < -0.39 is 0 Å². The molecule has 0 radical (unpaired) electrons. The zero-order chi connectivity index (χ0) is 16.8. The molecule has 0 aliphatic rings. The molecule has 0 unspecified atom stereocenters. The number of rotatable bonds is 7. The minimum absolute atomic E-state index is 0.198. The number of hydrogen-bond donors (Lipinski definition) is 0. The second-order valence-corrected chi connectivity index (χ2v) is 5.50. The molecule has 0 amide bonds. The van der Waals surface area contributed by atoms with E-state index in [-0.39, 0.29) is 11.8 Å². The number of nitrogens with zero attached hydrogens (tertiary/aromatic N) is 3. The Bertz CT molecular complexity index is 659. The van der Waals surface area contributed by atoms with Crippen molar-refractivity contribution in [3.8, 4) is 11.6 Å². The molecule has 23 heavy (non-hydrogen) atoms. The average molecular weight is 315 g/mol. The van der Waals surface area contributed by atoms with Crippen LogP contribution in [0.1, 0.15) is 41.6 Å². The number of methoxy groups -OCH3 is 1. The molecule has 0 spiro atoms. The van der Waals surface area contributed by atoms with Crippen LogP contribution in [0.25, 0.3) is 0 Å². The lowest BCUT2D eigenvalue weighted by Crippen LogP contribution is -2.17. The van der Waals surface area contributed by atoms with Crippen LogP contribution in [0, 0.1) is 12.8 Å². The molecule has 2 atom stereocenters. The molecule has 2 aromatic rings. The van der Waals surface area contributed by atoms with Crippen LogP contribution < -0.4 is 9.47 Å². The maximum absolute atomic E-state index is 11.0. The van der Waals surface area contributed by atoms with Gasteiger partial charge in [0.25, 0.3) is 0 Å². The van der Waals surface area contributed by atoms with E-state index in [9.17, 15) is 4.79 Å². The molecule has 0 aliphatic heterocycles. The molecule has 0 N–H and O–H groups in total. The Kier molecular flexibility index (Phi) is 5.62. The summed E-state index contributed by atoms with van der Waals surface area (Å²) in [5.41, 5.74) is 1.33. The van der Waals surface area contributed by atoms with Crippen molar-refractivity contribution in [2.45, 2.75) is 26.7 Å². The summed E-state index contributed by atoms with van der Waals surface area (Å²) in [6.45, 7) is 6.36. The fourth-order valence-electron chi connectivity index (χ4n) is 2.08. The van der Waals surface area contributed by atoms with E-state index in [4.69, 9.17) is 9.47 Å². The van der Waals surface area contributed by atoms with Crippen LogP contribution in [0.15, 0.2) is 24.5 Å². The van der Waals surface area contributed by atoms with Crippen molar-refractivity contribution in [3.63, 3.8) is 0 Å². The molecule has 0 fully saturated rings. The summed E-state index contributed by atoms with van der Waals surface area (Å²) in [4.78, 5) is 23.6. The average Bonchev–Trinajstić information content (AvgIpc) is 2.59. The van der Waals surface area contributed by atoms with Crippen LogP contribution in [-0.4, -0.2) is 35.0 Å². The number of hydrogen-bond acceptors (Lipinski definition) is 6. The lowest BCUT2D eigenvalue weighted by atomic mass is 9.93. The van der Waals surface area contributed by atoms with Gasteiger partial charge in [0.2, 0.25) is 5.88 Å². The quantitative estimate of drug-likeness (QED) is 0.731. The Morgan fingerprint density at radius 1 is 1.22 bits per heavy atom. The monoisotopic (exact) mass is 315 g/mol. The molecular formula is C17H21N3O3. The summed E-state index contributed by atoms with van der Waals surface area (Å²) in [6.07, 6.45) is 3.88. The smallest absolute Gasteiger partial charge is 0.227 e.